The number of nitrogens with zero attached hydrogens (tertiary/aromatic N) is 6. The first-order valence-corrected chi connectivity index (χ1v) is 12.5. The molecule has 0 aliphatic carbocycles. The molecule has 190 valence electrons. The lowest BCUT2D eigenvalue weighted by atomic mass is 9.98. The summed E-state index contributed by atoms with van der Waals surface area (Å²) in [5.41, 5.74) is 5.63. The number of nitrogens with one attached hydrogen (secondary N) is 1. The molecule has 1 amide bonds. The van der Waals surface area contributed by atoms with Crippen molar-refractivity contribution in [2.45, 2.75) is 46.2 Å². The van der Waals surface area contributed by atoms with Gasteiger partial charge in [-0.15, -0.1) is 5.10 Å². The van der Waals surface area contributed by atoms with Crippen LogP contribution in [0.1, 0.15) is 49.6 Å². The standard InChI is InChI=1S/C27H29N7O3/c1-4-23-28-22-14-15-33(17(3)35)25(27(36)37-5-2)24(22)34(23)16-18-10-12-19(13-11-18)20-8-6-7-9-21(20)26-29-31-32-30-26/h6-13,25H,4-5,14-16H2,1-3H3,(H,29,30,31,32). The number of imidazole rings is 1. The Balaban J connectivity index is 1.50. The van der Waals surface area contributed by atoms with E-state index in [1.165, 1.54) is 6.92 Å². The molecule has 1 unspecified atom stereocenters. The van der Waals surface area contributed by atoms with Gasteiger partial charge in [-0.05, 0) is 34.0 Å². The molecule has 1 N–H and O–H groups in total. The van der Waals surface area contributed by atoms with Crippen LogP contribution in [0.25, 0.3) is 22.5 Å². The molecule has 3 heterocycles. The number of amides is 1. The van der Waals surface area contributed by atoms with Crippen LogP contribution in [0.2, 0.25) is 0 Å². The van der Waals surface area contributed by atoms with Crippen molar-refractivity contribution in [3.05, 3.63) is 71.3 Å². The van der Waals surface area contributed by atoms with Crippen molar-refractivity contribution in [3.63, 3.8) is 0 Å². The van der Waals surface area contributed by atoms with E-state index in [4.69, 9.17) is 9.72 Å². The minimum absolute atomic E-state index is 0.153. The second-order valence-electron chi connectivity index (χ2n) is 8.91. The third-order valence-electron chi connectivity index (χ3n) is 6.69. The van der Waals surface area contributed by atoms with Gasteiger partial charge in [0.25, 0.3) is 0 Å². The zero-order valence-corrected chi connectivity index (χ0v) is 21.1. The van der Waals surface area contributed by atoms with Crippen molar-refractivity contribution < 1.29 is 14.3 Å². The summed E-state index contributed by atoms with van der Waals surface area (Å²) in [7, 11) is 0. The van der Waals surface area contributed by atoms with E-state index < -0.39 is 12.0 Å². The van der Waals surface area contributed by atoms with Crippen molar-refractivity contribution in [2.24, 2.45) is 0 Å². The predicted molar refractivity (Wildman–Crippen MR) is 136 cm³/mol. The van der Waals surface area contributed by atoms with Crippen LogP contribution < -0.4 is 0 Å². The van der Waals surface area contributed by atoms with Crippen LogP contribution >= 0.6 is 0 Å². The Morgan fingerprint density at radius 2 is 1.84 bits per heavy atom. The van der Waals surface area contributed by atoms with Crippen LogP contribution in [0.15, 0.2) is 48.5 Å². The van der Waals surface area contributed by atoms with Gasteiger partial charge in [-0.25, -0.2) is 14.9 Å². The molecule has 0 radical (unpaired) electrons. The smallest absolute Gasteiger partial charge is 0.335 e. The Labute approximate surface area is 214 Å². The highest BCUT2D eigenvalue weighted by Gasteiger charge is 2.40. The number of fused-ring (bicyclic) bond motifs is 1. The summed E-state index contributed by atoms with van der Waals surface area (Å²) in [5, 5.41) is 14.3. The van der Waals surface area contributed by atoms with Gasteiger partial charge in [0.2, 0.25) is 5.91 Å². The first kappa shape index (κ1) is 24.4. The molecular weight excluding hydrogens is 470 g/mol. The highest BCUT2D eigenvalue weighted by atomic mass is 16.5. The molecule has 5 rings (SSSR count). The second kappa shape index (κ2) is 10.3. The van der Waals surface area contributed by atoms with Gasteiger partial charge < -0.3 is 14.2 Å². The summed E-state index contributed by atoms with van der Waals surface area (Å²) in [6.07, 6.45) is 1.32. The Kier molecular flexibility index (Phi) is 6.80. The van der Waals surface area contributed by atoms with Crippen molar-refractivity contribution >= 4 is 11.9 Å². The van der Waals surface area contributed by atoms with E-state index in [1.54, 1.807) is 11.8 Å². The first-order chi connectivity index (χ1) is 18.0. The lowest BCUT2D eigenvalue weighted by Crippen LogP contribution is -2.44. The number of tetrazole rings is 1. The highest BCUT2D eigenvalue weighted by Crippen LogP contribution is 2.34. The van der Waals surface area contributed by atoms with Crippen LogP contribution in [0, 0.1) is 0 Å². The molecule has 2 aromatic heterocycles. The molecule has 0 fully saturated rings. The number of hydrogen-bond donors (Lipinski definition) is 1. The van der Waals surface area contributed by atoms with Gasteiger partial charge >= 0.3 is 5.97 Å². The lowest BCUT2D eigenvalue weighted by molar-refractivity contribution is -0.155. The van der Waals surface area contributed by atoms with Crippen LogP contribution in [-0.4, -0.2) is 60.1 Å². The summed E-state index contributed by atoms with van der Waals surface area (Å²) in [5.74, 6) is 0.921. The second-order valence-corrected chi connectivity index (χ2v) is 8.91. The number of aromatic amines is 1. The minimum Gasteiger partial charge on any atom is -0.464 e. The van der Waals surface area contributed by atoms with E-state index >= 15 is 0 Å². The minimum atomic E-state index is -0.796. The molecule has 10 heteroatoms. The molecule has 2 aromatic carbocycles. The average Bonchev–Trinajstić information content (AvgIpc) is 3.57. The number of rotatable bonds is 7. The lowest BCUT2D eigenvalue weighted by Gasteiger charge is -2.34. The van der Waals surface area contributed by atoms with Crippen LogP contribution in [0.3, 0.4) is 0 Å². The highest BCUT2D eigenvalue weighted by molar-refractivity contribution is 5.85. The molecule has 0 saturated heterocycles. The van der Waals surface area contributed by atoms with Crippen LogP contribution in [-0.2, 0) is 33.7 Å². The van der Waals surface area contributed by atoms with Crippen molar-refractivity contribution in [1.29, 1.82) is 0 Å². The quantitative estimate of drug-likeness (QED) is 0.387. The Morgan fingerprint density at radius 1 is 1.08 bits per heavy atom. The maximum absolute atomic E-state index is 13.0. The number of carbonyl (C=O) groups is 2. The van der Waals surface area contributed by atoms with Crippen molar-refractivity contribution in [2.75, 3.05) is 13.2 Å². The largest absolute Gasteiger partial charge is 0.464 e. The van der Waals surface area contributed by atoms with E-state index in [1.807, 2.05) is 31.2 Å². The number of H-pyrrole nitrogens is 1. The van der Waals surface area contributed by atoms with E-state index in [0.29, 0.717) is 31.8 Å². The summed E-state index contributed by atoms with van der Waals surface area (Å²) < 4.78 is 7.46. The van der Waals surface area contributed by atoms with E-state index in [-0.39, 0.29) is 12.5 Å². The zero-order valence-electron chi connectivity index (χ0n) is 21.1. The van der Waals surface area contributed by atoms with Crippen molar-refractivity contribution in [1.82, 2.24) is 35.1 Å². The predicted octanol–water partition coefficient (Wildman–Crippen LogP) is 3.35. The maximum atomic E-state index is 13.0. The molecule has 0 bridgehead atoms. The van der Waals surface area contributed by atoms with Gasteiger partial charge in [-0.3, -0.25) is 4.79 Å². The normalized spacial score (nSPS) is 14.9. The number of hydrogen-bond acceptors (Lipinski definition) is 7. The summed E-state index contributed by atoms with van der Waals surface area (Å²) in [6, 6.07) is 15.4. The molecule has 1 aliphatic rings. The molecule has 4 aromatic rings. The molecular formula is C27H29N7O3. The molecule has 0 spiro atoms. The molecule has 10 nitrogen and oxygen atoms in total. The Morgan fingerprint density at radius 3 is 2.49 bits per heavy atom. The zero-order chi connectivity index (χ0) is 25.9. The van der Waals surface area contributed by atoms with E-state index in [9.17, 15) is 9.59 Å². The third kappa shape index (κ3) is 4.62. The van der Waals surface area contributed by atoms with Crippen LogP contribution in [0.5, 0.6) is 0 Å². The fourth-order valence-electron chi connectivity index (χ4n) is 4.99. The Bertz CT molecular complexity index is 1410. The van der Waals surface area contributed by atoms with Crippen molar-refractivity contribution in [3.8, 4) is 22.5 Å². The van der Waals surface area contributed by atoms with Gasteiger partial charge in [0.05, 0.1) is 18.0 Å². The SMILES string of the molecule is CCOC(=O)C1c2c(nc(CC)n2Cc2ccc(-c3ccccc3-c3nnn[nH]3)cc2)CCN1C(C)=O. The first-order valence-electron chi connectivity index (χ1n) is 12.5. The fourth-order valence-corrected chi connectivity index (χ4v) is 4.99. The van der Waals surface area contributed by atoms with E-state index in [2.05, 4.69) is 49.5 Å². The van der Waals surface area contributed by atoms with Gasteiger partial charge in [-0.2, -0.15) is 0 Å². The monoisotopic (exact) mass is 499 g/mol. The van der Waals surface area contributed by atoms with E-state index in [0.717, 1.165) is 39.5 Å². The topological polar surface area (TPSA) is 119 Å². The number of benzene rings is 2. The molecule has 1 aliphatic heterocycles. The fraction of sp³-hybridized carbons (Fsp3) is 0.333. The summed E-state index contributed by atoms with van der Waals surface area (Å²) >= 11 is 0. The number of carbonyl (C=O) groups excluding carboxylic acids is 2. The van der Waals surface area contributed by atoms with Crippen LogP contribution in [0.4, 0.5) is 0 Å². The summed E-state index contributed by atoms with van der Waals surface area (Å²) in [6.45, 7) is 6.53. The van der Waals surface area contributed by atoms with Gasteiger partial charge in [0.1, 0.15) is 5.82 Å². The number of ether oxygens (including phenoxy) is 1. The molecule has 37 heavy (non-hydrogen) atoms. The Hall–Kier alpha value is -4.34. The van der Waals surface area contributed by atoms with Gasteiger partial charge in [0, 0.05) is 38.4 Å². The number of aryl methyl sites for hydroxylation is 1. The van der Waals surface area contributed by atoms with Gasteiger partial charge in [-0.1, -0.05) is 55.5 Å². The number of aromatic nitrogens is 6. The van der Waals surface area contributed by atoms with Gasteiger partial charge in [0.15, 0.2) is 11.9 Å². The maximum Gasteiger partial charge on any atom is 0.335 e. The third-order valence-corrected chi connectivity index (χ3v) is 6.69. The molecule has 1 atom stereocenters. The average molecular weight is 500 g/mol. The summed E-state index contributed by atoms with van der Waals surface area (Å²) in [4.78, 5) is 31.9. The molecule has 0 saturated carbocycles. The number of esters is 1.